The third kappa shape index (κ3) is 4.36. The zero-order chi connectivity index (χ0) is 26.3. The van der Waals surface area contributed by atoms with Crippen LogP contribution in [0.2, 0.25) is 0 Å². The maximum atomic E-state index is 14.8. The van der Waals surface area contributed by atoms with E-state index in [1.165, 1.54) is 10.6 Å². The number of pyridine rings is 2. The van der Waals surface area contributed by atoms with E-state index in [4.69, 9.17) is 5.73 Å². The van der Waals surface area contributed by atoms with Gasteiger partial charge in [0.05, 0.1) is 34.8 Å². The molecule has 0 spiro atoms. The number of rotatable bonds is 5. The lowest BCUT2D eigenvalue weighted by molar-refractivity contribution is 0.1000. The Kier molecular flexibility index (Phi) is 6.06. The number of aryl methyl sites for hydroxylation is 1. The van der Waals surface area contributed by atoms with Crippen molar-refractivity contribution in [2.45, 2.75) is 24.7 Å². The molecule has 9 heteroatoms. The second-order valence-corrected chi connectivity index (χ2v) is 9.04. The summed E-state index contributed by atoms with van der Waals surface area (Å²) in [5.74, 6) is 2.98. The zero-order valence-corrected chi connectivity index (χ0v) is 19.8. The van der Waals surface area contributed by atoms with Gasteiger partial charge < -0.3 is 10.3 Å². The number of aromatic nitrogens is 3. The van der Waals surface area contributed by atoms with Crippen molar-refractivity contribution in [3.8, 4) is 17.9 Å². The number of hydrogen-bond donors (Lipinski definition) is 1. The highest BCUT2D eigenvalue weighted by Crippen LogP contribution is 2.48. The molecule has 2 N–H and O–H groups in total. The number of fused-ring (bicyclic) bond motifs is 1. The van der Waals surface area contributed by atoms with Gasteiger partial charge in [0.2, 0.25) is 5.91 Å². The molecule has 0 radical (unpaired) electrons. The van der Waals surface area contributed by atoms with Gasteiger partial charge in [0.15, 0.2) is 0 Å². The van der Waals surface area contributed by atoms with E-state index in [0.717, 1.165) is 23.8 Å². The molecule has 3 unspecified atom stereocenters. The standard InChI is InChI=1S/C28H21F2N5O2/c1-34-10-3-6-21(28(34)37)18(23-13-17(29)7-8-25(23)30)4-2-5-19-20(27(32)36)9-11-35-26(19)24(15-33-35)22-12-16(22)14-31/h3,6-11,13,15-16,18,22H,4,12H2,1H3,(H2,32,36). The Bertz CT molecular complexity index is 1720. The summed E-state index contributed by atoms with van der Waals surface area (Å²) in [6, 6.07) is 10.1. The van der Waals surface area contributed by atoms with E-state index in [9.17, 15) is 23.6 Å². The Balaban J connectivity index is 1.64. The van der Waals surface area contributed by atoms with Crippen molar-refractivity contribution in [3.63, 3.8) is 0 Å². The number of benzene rings is 1. The Morgan fingerprint density at radius 1 is 1.24 bits per heavy atom. The highest BCUT2D eigenvalue weighted by atomic mass is 19.1. The van der Waals surface area contributed by atoms with E-state index in [-0.39, 0.29) is 40.5 Å². The summed E-state index contributed by atoms with van der Waals surface area (Å²) in [7, 11) is 1.57. The van der Waals surface area contributed by atoms with Crippen LogP contribution in [0.25, 0.3) is 5.52 Å². The molecule has 5 rings (SSSR count). The number of halogens is 2. The van der Waals surface area contributed by atoms with Gasteiger partial charge in [-0.25, -0.2) is 13.3 Å². The fourth-order valence-electron chi connectivity index (χ4n) is 4.68. The molecule has 1 amide bonds. The summed E-state index contributed by atoms with van der Waals surface area (Å²) in [5, 5.41) is 13.6. The number of nitrogens with two attached hydrogens (primary N) is 1. The number of carbonyl (C=O) groups excluding carboxylic acids is 1. The number of carbonyl (C=O) groups is 1. The zero-order valence-electron chi connectivity index (χ0n) is 19.8. The van der Waals surface area contributed by atoms with Crippen LogP contribution in [-0.4, -0.2) is 20.1 Å². The third-order valence-corrected chi connectivity index (χ3v) is 6.71. The summed E-state index contributed by atoms with van der Waals surface area (Å²) >= 11 is 0. The minimum Gasteiger partial charge on any atom is -0.366 e. The predicted molar refractivity (Wildman–Crippen MR) is 132 cm³/mol. The van der Waals surface area contributed by atoms with Crippen LogP contribution in [0.15, 0.2) is 59.8 Å². The van der Waals surface area contributed by atoms with Gasteiger partial charge in [-0.15, -0.1) is 0 Å². The van der Waals surface area contributed by atoms with Gasteiger partial charge in [-0.05, 0) is 42.3 Å². The van der Waals surface area contributed by atoms with Crippen molar-refractivity contribution in [1.29, 1.82) is 5.26 Å². The predicted octanol–water partition coefficient (Wildman–Crippen LogP) is 3.61. The van der Waals surface area contributed by atoms with Gasteiger partial charge in [-0.3, -0.25) is 9.59 Å². The van der Waals surface area contributed by atoms with Crippen molar-refractivity contribution < 1.29 is 13.6 Å². The Morgan fingerprint density at radius 2 is 2.05 bits per heavy atom. The molecule has 7 nitrogen and oxygen atoms in total. The lowest BCUT2D eigenvalue weighted by atomic mass is 9.88. The second kappa shape index (κ2) is 9.36. The lowest BCUT2D eigenvalue weighted by Crippen LogP contribution is -2.23. The van der Waals surface area contributed by atoms with Crippen molar-refractivity contribution in [2.24, 2.45) is 18.7 Å². The van der Waals surface area contributed by atoms with Crippen LogP contribution in [-0.2, 0) is 7.05 Å². The third-order valence-electron chi connectivity index (χ3n) is 6.71. The topological polar surface area (TPSA) is 106 Å². The molecule has 1 aromatic carbocycles. The first kappa shape index (κ1) is 24.0. The maximum absolute atomic E-state index is 14.8. The highest BCUT2D eigenvalue weighted by molar-refractivity contribution is 5.98. The molecule has 184 valence electrons. The first-order valence-corrected chi connectivity index (χ1v) is 11.6. The van der Waals surface area contributed by atoms with Gasteiger partial charge in [-0.1, -0.05) is 17.9 Å². The summed E-state index contributed by atoms with van der Waals surface area (Å²) in [5.41, 5.74) is 7.44. The van der Waals surface area contributed by atoms with Crippen molar-refractivity contribution in [1.82, 2.24) is 14.2 Å². The van der Waals surface area contributed by atoms with Crippen LogP contribution in [0, 0.1) is 40.7 Å². The molecular weight excluding hydrogens is 476 g/mol. The molecule has 1 saturated carbocycles. The molecule has 0 saturated heterocycles. The van der Waals surface area contributed by atoms with Gasteiger partial charge in [0.25, 0.3) is 5.56 Å². The summed E-state index contributed by atoms with van der Waals surface area (Å²) in [6.45, 7) is 0. The fourth-order valence-corrected chi connectivity index (χ4v) is 4.68. The van der Waals surface area contributed by atoms with E-state index in [0.29, 0.717) is 17.5 Å². The van der Waals surface area contributed by atoms with Crippen LogP contribution in [0.3, 0.4) is 0 Å². The highest BCUT2D eigenvalue weighted by Gasteiger charge is 2.41. The number of nitriles is 1. The molecule has 37 heavy (non-hydrogen) atoms. The van der Waals surface area contributed by atoms with E-state index < -0.39 is 23.5 Å². The molecule has 3 aromatic heterocycles. The molecular formula is C28H21F2N5O2. The van der Waals surface area contributed by atoms with Crippen LogP contribution in [0.4, 0.5) is 8.78 Å². The van der Waals surface area contributed by atoms with E-state index >= 15 is 0 Å². The summed E-state index contributed by atoms with van der Waals surface area (Å²) < 4.78 is 31.8. The van der Waals surface area contributed by atoms with Crippen LogP contribution < -0.4 is 11.3 Å². The van der Waals surface area contributed by atoms with Gasteiger partial charge in [-0.2, -0.15) is 10.4 Å². The number of hydrogen-bond acceptors (Lipinski definition) is 4. The lowest BCUT2D eigenvalue weighted by Gasteiger charge is -2.16. The van der Waals surface area contributed by atoms with Crippen molar-refractivity contribution >= 4 is 11.4 Å². The van der Waals surface area contributed by atoms with Crippen LogP contribution in [0.5, 0.6) is 0 Å². The minimum absolute atomic E-state index is 0.00539. The monoisotopic (exact) mass is 497 g/mol. The number of nitrogens with zero attached hydrogens (tertiary/aromatic N) is 4. The largest absolute Gasteiger partial charge is 0.366 e. The van der Waals surface area contributed by atoms with Crippen molar-refractivity contribution in [3.05, 3.63) is 105 Å². The molecule has 1 aliphatic rings. The van der Waals surface area contributed by atoms with Gasteiger partial charge in [0, 0.05) is 48.8 Å². The maximum Gasteiger partial charge on any atom is 0.254 e. The molecule has 3 atom stereocenters. The van der Waals surface area contributed by atoms with Crippen LogP contribution in [0.1, 0.15) is 57.3 Å². The van der Waals surface area contributed by atoms with Crippen LogP contribution >= 0.6 is 0 Å². The fraction of sp³-hybridized carbons (Fsp3) is 0.214. The minimum atomic E-state index is -0.865. The Hall–Kier alpha value is -4.76. The van der Waals surface area contributed by atoms with E-state index in [2.05, 4.69) is 23.0 Å². The molecule has 0 bridgehead atoms. The number of primary amides is 1. The number of amides is 1. The molecule has 1 aliphatic carbocycles. The average Bonchev–Trinajstić information content (AvgIpc) is 3.54. The SMILES string of the molecule is Cn1cccc(C(CC#Cc2c(C(N)=O)ccn3ncc(C4CC4C#N)c23)c2cc(F)ccc2F)c1=O. The van der Waals surface area contributed by atoms with Crippen molar-refractivity contribution in [2.75, 3.05) is 0 Å². The molecule has 4 aromatic rings. The van der Waals surface area contributed by atoms with Gasteiger partial charge in [0.1, 0.15) is 11.6 Å². The first-order chi connectivity index (χ1) is 17.8. The van der Waals surface area contributed by atoms with E-state index in [1.807, 2.05) is 0 Å². The molecule has 3 heterocycles. The average molecular weight is 498 g/mol. The Labute approximate surface area is 210 Å². The summed E-state index contributed by atoms with van der Waals surface area (Å²) in [4.78, 5) is 25.1. The normalized spacial score (nSPS) is 17.0. The first-order valence-electron chi connectivity index (χ1n) is 11.6. The quantitative estimate of drug-likeness (QED) is 0.425. The smallest absolute Gasteiger partial charge is 0.254 e. The second-order valence-electron chi connectivity index (χ2n) is 9.04. The van der Waals surface area contributed by atoms with E-state index in [1.54, 1.807) is 42.3 Å². The molecule has 1 fully saturated rings. The molecule has 0 aliphatic heterocycles. The van der Waals surface area contributed by atoms with Gasteiger partial charge >= 0.3 is 0 Å². The summed E-state index contributed by atoms with van der Waals surface area (Å²) in [6.07, 6.45) is 5.48. The Morgan fingerprint density at radius 3 is 2.78 bits per heavy atom.